The minimum absolute atomic E-state index is 0.396. The molecule has 7 heteroatoms. The van der Waals surface area contributed by atoms with Crippen LogP contribution in [0.5, 0.6) is 0 Å². The van der Waals surface area contributed by atoms with Gasteiger partial charge in [-0.2, -0.15) is 0 Å². The Kier molecular flexibility index (Phi) is 4.08. The molecule has 3 aromatic rings. The Balaban J connectivity index is 1.57. The predicted molar refractivity (Wildman–Crippen MR) is 96.5 cm³/mol. The molecule has 3 heterocycles. The Morgan fingerprint density at radius 1 is 1.08 bits per heavy atom. The molecule has 2 aromatic heterocycles. The zero-order chi connectivity index (χ0) is 16.5. The molecule has 0 atom stereocenters. The van der Waals surface area contributed by atoms with Gasteiger partial charge in [0.15, 0.2) is 16.6 Å². The van der Waals surface area contributed by atoms with Crippen LogP contribution in [0.1, 0.15) is 6.92 Å². The van der Waals surface area contributed by atoms with E-state index < -0.39 is 0 Å². The first kappa shape index (κ1) is 15.4. The summed E-state index contributed by atoms with van der Waals surface area (Å²) < 4.78 is 0. The van der Waals surface area contributed by atoms with Crippen LogP contribution in [0.15, 0.2) is 30.6 Å². The SMILES string of the molecule is CCN1CCN(c2ccc(-c3nc(Cl)c4[nH]cnc4n3)cc2)CC1. The zero-order valence-electron chi connectivity index (χ0n) is 13.5. The first-order valence-electron chi connectivity index (χ1n) is 8.19. The number of nitrogens with zero attached hydrogens (tertiary/aromatic N) is 5. The van der Waals surface area contributed by atoms with E-state index in [1.54, 1.807) is 6.33 Å². The summed E-state index contributed by atoms with van der Waals surface area (Å²) >= 11 is 6.20. The predicted octanol–water partition coefficient (Wildman–Crippen LogP) is 2.82. The average Bonchev–Trinajstić information content (AvgIpc) is 3.11. The number of H-pyrrole nitrogens is 1. The van der Waals surface area contributed by atoms with Crippen molar-refractivity contribution >= 4 is 28.5 Å². The van der Waals surface area contributed by atoms with Crippen molar-refractivity contribution < 1.29 is 0 Å². The van der Waals surface area contributed by atoms with Gasteiger partial charge in [-0.1, -0.05) is 18.5 Å². The highest BCUT2D eigenvalue weighted by Gasteiger charge is 2.16. The maximum absolute atomic E-state index is 6.20. The number of halogens is 1. The molecule has 0 saturated carbocycles. The van der Waals surface area contributed by atoms with Crippen molar-refractivity contribution in [2.75, 3.05) is 37.6 Å². The van der Waals surface area contributed by atoms with E-state index in [0.717, 1.165) is 38.3 Å². The summed E-state index contributed by atoms with van der Waals surface area (Å²) in [5.41, 5.74) is 3.44. The van der Waals surface area contributed by atoms with Gasteiger partial charge in [0.2, 0.25) is 0 Å². The lowest BCUT2D eigenvalue weighted by Crippen LogP contribution is -2.46. The van der Waals surface area contributed by atoms with Gasteiger partial charge in [0.1, 0.15) is 5.52 Å². The molecule has 1 N–H and O–H groups in total. The van der Waals surface area contributed by atoms with E-state index in [4.69, 9.17) is 11.6 Å². The molecule has 24 heavy (non-hydrogen) atoms. The van der Waals surface area contributed by atoms with Crippen molar-refractivity contribution in [3.8, 4) is 11.4 Å². The number of anilines is 1. The molecule has 1 aromatic carbocycles. The van der Waals surface area contributed by atoms with E-state index in [2.05, 4.69) is 48.8 Å². The highest BCUT2D eigenvalue weighted by atomic mass is 35.5. The van der Waals surface area contributed by atoms with Gasteiger partial charge < -0.3 is 14.8 Å². The molecule has 124 valence electrons. The minimum Gasteiger partial charge on any atom is -0.369 e. The number of hydrogen-bond donors (Lipinski definition) is 1. The topological polar surface area (TPSA) is 60.9 Å². The molecule has 0 unspecified atom stereocenters. The van der Waals surface area contributed by atoms with Crippen LogP contribution in [0.2, 0.25) is 5.15 Å². The minimum atomic E-state index is 0.396. The smallest absolute Gasteiger partial charge is 0.182 e. The second kappa shape index (κ2) is 6.37. The highest BCUT2D eigenvalue weighted by Crippen LogP contribution is 2.25. The lowest BCUT2D eigenvalue weighted by atomic mass is 10.1. The summed E-state index contributed by atoms with van der Waals surface area (Å²) in [4.78, 5) is 20.8. The van der Waals surface area contributed by atoms with Crippen molar-refractivity contribution in [3.63, 3.8) is 0 Å². The van der Waals surface area contributed by atoms with Gasteiger partial charge in [0, 0.05) is 37.4 Å². The number of rotatable bonds is 3. The highest BCUT2D eigenvalue weighted by molar-refractivity contribution is 6.33. The maximum atomic E-state index is 6.20. The zero-order valence-corrected chi connectivity index (χ0v) is 14.3. The van der Waals surface area contributed by atoms with Crippen molar-refractivity contribution in [1.29, 1.82) is 0 Å². The van der Waals surface area contributed by atoms with Gasteiger partial charge in [-0.15, -0.1) is 0 Å². The van der Waals surface area contributed by atoms with Crippen molar-refractivity contribution in [2.45, 2.75) is 6.92 Å². The Labute approximate surface area is 145 Å². The molecule has 6 nitrogen and oxygen atoms in total. The quantitative estimate of drug-likeness (QED) is 0.742. The number of aromatic nitrogens is 4. The maximum Gasteiger partial charge on any atom is 0.182 e. The fourth-order valence-electron chi connectivity index (χ4n) is 3.07. The molecule has 0 aliphatic carbocycles. The standard InChI is InChI=1S/C17H19ClN6/c1-2-23-7-9-24(10-8-23)13-5-3-12(4-6-13)16-21-15(18)14-17(22-16)20-11-19-14/h3-6,11H,2,7-10H2,1H3,(H,19,20,21,22). The summed E-state index contributed by atoms with van der Waals surface area (Å²) in [6.45, 7) is 7.70. The lowest BCUT2D eigenvalue weighted by molar-refractivity contribution is 0.271. The monoisotopic (exact) mass is 342 g/mol. The summed E-state index contributed by atoms with van der Waals surface area (Å²) in [5.74, 6) is 0.599. The van der Waals surface area contributed by atoms with Crippen LogP contribution in [0.25, 0.3) is 22.6 Å². The Morgan fingerprint density at radius 2 is 1.83 bits per heavy atom. The van der Waals surface area contributed by atoms with Crippen LogP contribution in [0.4, 0.5) is 5.69 Å². The number of fused-ring (bicyclic) bond motifs is 1. The second-order valence-corrected chi connectivity index (χ2v) is 6.27. The van der Waals surface area contributed by atoms with Gasteiger partial charge in [-0.25, -0.2) is 15.0 Å². The number of aromatic amines is 1. The number of likely N-dealkylation sites (N-methyl/N-ethyl adjacent to an activating group) is 1. The number of benzene rings is 1. The van der Waals surface area contributed by atoms with Crippen LogP contribution in [-0.2, 0) is 0 Å². The second-order valence-electron chi connectivity index (χ2n) is 5.91. The molecule has 1 saturated heterocycles. The van der Waals surface area contributed by atoms with Crippen LogP contribution in [0, 0.1) is 0 Å². The van der Waals surface area contributed by atoms with E-state index in [1.165, 1.54) is 5.69 Å². The van der Waals surface area contributed by atoms with Crippen LogP contribution >= 0.6 is 11.6 Å². The average molecular weight is 343 g/mol. The van der Waals surface area contributed by atoms with E-state index >= 15 is 0 Å². The van der Waals surface area contributed by atoms with Crippen molar-refractivity contribution in [1.82, 2.24) is 24.8 Å². The summed E-state index contributed by atoms with van der Waals surface area (Å²) in [5, 5.41) is 0.396. The fourth-order valence-corrected chi connectivity index (χ4v) is 3.29. The first-order valence-corrected chi connectivity index (χ1v) is 8.57. The Bertz CT molecular complexity index is 836. The van der Waals surface area contributed by atoms with E-state index in [1.807, 2.05) is 12.1 Å². The number of imidazole rings is 1. The molecule has 1 aliphatic heterocycles. The third-order valence-corrected chi connectivity index (χ3v) is 4.83. The van der Waals surface area contributed by atoms with Crippen molar-refractivity contribution in [2.24, 2.45) is 0 Å². The van der Waals surface area contributed by atoms with E-state index in [-0.39, 0.29) is 0 Å². The largest absolute Gasteiger partial charge is 0.369 e. The van der Waals surface area contributed by atoms with Gasteiger partial charge in [-0.3, -0.25) is 0 Å². The fraction of sp³-hybridized carbons (Fsp3) is 0.353. The first-order chi connectivity index (χ1) is 11.7. The molecular formula is C17H19ClN6. The third-order valence-electron chi connectivity index (χ3n) is 4.55. The number of piperazine rings is 1. The lowest BCUT2D eigenvalue weighted by Gasteiger charge is -2.35. The van der Waals surface area contributed by atoms with Gasteiger partial charge in [0.25, 0.3) is 0 Å². The molecule has 0 spiro atoms. The van der Waals surface area contributed by atoms with E-state index in [9.17, 15) is 0 Å². The van der Waals surface area contributed by atoms with Crippen molar-refractivity contribution in [3.05, 3.63) is 35.7 Å². The van der Waals surface area contributed by atoms with Crippen LogP contribution < -0.4 is 4.90 Å². The number of nitrogens with one attached hydrogen (secondary N) is 1. The van der Waals surface area contributed by atoms with Gasteiger partial charge in [-0.05, 0) is 30.8 Å². The van der Waals surface area contributed by atoms with E-state index in [0.29, 0.717) is 22.1 Å². The summed E-state index contributed by atoms with van der Waals surface area (Å²) in [6, 6.07) is 8.35. The van der Waals surface area contributed by atoms with Gasteiger partial charge in [0.05, 0.1) is 6.33 Å². The van der Waals surface area contributed by atoms with Crippen LogP contribution in [0.3, 0.4) is 0 Å². The Hall–Kier alpha value is -2.18. The molecule has 1 aliphatic rings. The number of hydrogen-bond acceptors (Lipinski definition) is 5. The third kappa shape index (κ3) is 2.83. The van der Waals surface area contributed by atoms with Gasteiger partial charge >= 0.3 is 0 Å². The summed E-state index contributed by atoms with van der Waals surface area (Å²) in [6.07, 6.45) is 1.58. The molecule has 4 rings (SSSR count). The normalized spacial score (nSPS) is 16.0. The Morgan fingerprint density at radius 3 is 2.54 bits per heavy atom. The molecular weight excluding hydrogens is 324 g/mol. The molecule has 1 fully saturated rings. The molecule has 0 bridgehead atoms. The summed E-state index contributed by atoms with van der Waals surface area (Å²) in [7, 11) is 0. The molecule has 0 amide bonds. The molecule has 0 radical (unpaired) electrons. The van der Waals surface area contributed by atoms with Crippen LogP contribution in [-0.4, -0.2) is 57.6 Å².